The summed E-state index contributed by atoms with van der Waals surface area (Å²) in [5.41, 5.74) is 14.0. The molecule has 13 rings (SSSR count). The molecule has 0 aliphatic heterocycles. The highest BCUT2D eigenvalue weighted by molar-refractivity contribution is 7.26. The zero-order valence-corrected chi connectivity index (χ0v) is 36.2. The Labute approximate surface area is 381 Å². The monoisotopic (exact) mass is 844 g/mol. The van der Waals surface area contributed by atoms with E-state index < -0.39 is 0 Å². The number of fused-ring (bicyclic) bond motifs is 9. The predicted octanol–water partition coefficient (Wildman–Crippen LogP) is 17.9. The summed E-state index contributed by atoms with van der Waals surface area (Å²) in [6.07, 6.45) is 0. The lowest BCUT2D eigenvalue weighted by Crippen LogP contribution is -2.11. The van der Waals surface area contributed by atoms with Gasteiger partial charge in [-0.25, -0.2) is 0 Å². The van der Waals surface area contributed by atoms with Crippen molar-refractivity contribution in [3.8, 4) is 39.1 Å². The fourth-order valence-corrected chi connectivity index (χ4v) is 11.3. The number of benzene rings is 11. The average molecular weight is 845 g/mol. The van der Waals surface area contributed by atoms with Gasteiger partial charge < -0.3 is 9.47 Å². The number of nitrogens with zero attached hydrogens (tertiary/aromatic N) is 2. The standard InChI is InChI=1S/C62H40N2S/c1-2-14-45-38-48(25-24-41(45)12-1)52-17-5-8-21-58(52)63(50-34-28-43(29-35-50)47-31-36-56-57-37-30-44-13-3-4-18-53(44)62(57)65-61(56)40-47)49-32-26-42(27-33-49)46-15-11-16-51(39-46)64-59-22-9-6-19-54(59)55-20-7-10-23-60(55)64/h1-40H. The summed E-state index contributed by atoms with van der Waals surface area (Å²) in [5.74, 6) is 0. The van der Waals surface area contributed by atoms with E-state index in [9.17, 15) is 0 Å². The van der Waals surface area contributed by atoms with Crippen molar-refractivity contribution < 1.29 is 0 Å². The molecule has 13 aromatic rings. The lowest BCUT2D eigenvalue weighted by molar-refractivity contribution is 1.18. The highest BCUT2D eigenvalue weighted by atomic mass is 32.1. The van der Waals surface area contributed by atoms with Gasteiger partial charge in [0.05, 0.1) is 16.7 Å². The molecule has 0 fully saturated rings. The molecule has 2 heterocycles. The van der Waals surface area contributed by atoms with Crippen LogP contribution >= 0.6 is 11.3 Å². The molecule has 0 aliphatic rings. The van der Waals surface area contributed by atoms with Gasteiger partial charge in [-0.1, -0.05) is 176 Å². The normalized spacial score (nSPS) is 11.7. The van der Waals surface area contributed by atoms with Crippen LogP contribution in [0.1, 0.15) is 0 Å². The Kier molecular flexibility index (Phi) is 8.75. The van der Waals surface area contributed by atoms with Crippen molar-refractivity contribution in [3.05, 3.63) is 243 Å². The third kappa shape index (κ3) is 6.31. The van der Waals surface area contributed by atoms with E-state index in [0.717, 1.165) is 22.7 Å². The van der Waals surface area contributed by atoms with Crippen LogP contribution in [-0.4, -0.2) is 4.57 Å². The van der Waals surface area contributed by atoms with E-state index in [1.807, 2.05) is 11.3 Å². The topological polar surface area (TPSA) is 8.17 Å². The average Bonchev–Trinajstić information content (AvgIpc) is 3.93. The summed E-state index contributed by atoms with van der Waals surface area (Å²) in [6, 6.07) is 88.9. The van der Waals surface area contributed by atoms with Gasteiger partial charge in [-0.3, -0.25) is 0 Å². The summed E-state index contributed by atoms with van der Waals surface area (Å²) in [7, 11) is 0. The number of para-hydroxylation sites is 3. The van der Waals surface area contributed by atoms with Gasteiger partial charge in [-0.05, 0) is 116 Å². The highest BCUT2D eigenvalue weighted by Gasteiger charge is 2.19. The molecule has 0 saturated carbocycles. The van der Waals surface area contributed by atoms with Gasteiger partial charge in [0.15, 0.2) is 0 Å². The van der Waals surface area contributed by atoms with E-state index in [0.29, 0.717) is 0 Å². The third-order valence-electron chi connectivity index (χ3n) is 13.2. The van der Waals surface area contributed by atoms with E-state index in [-0.39, 0.29) is 0 Å². The smallest absolute Gasteiger partial charge is 0.0541 e. The lowest BCUT2D eigenvalue weighted by Gasteiger charge is -2.28. The molecule has 0 N–H and O–H groups in total. The van der Waals surface area contributed by atoms with Crippen molar-refractivity contribution in [2.24, 2.45) is 0 Å². The molecule has 0 bridgehead atoms. The summed E-state index contributed by atoms with van der Waals surface area (Å²) < 4.78 is 5.05. The predicted molar refractivity (Wildman–Crippen MR) is 280 cm³/mol. The molecule has 0 amide bonds. The van der Waals surface area contributed by atoms with E-state index in [2.05, 4.69) is 252 Å². The van der Waals surface area contributed by atoms with Crippen molar-refractivity contribution in [1.29, 1.82) is 0 Å². The van der Waals surface area contributed by atoms with Gasteiger partial charge in [-0.2, -0.15) is 0 Å². The van der Waals surface area contributed by atoms with Crippen LogP contribution in [0.25, 0.3) is 103 Å². The summed E-state index contributed by atoms with van der Waals surface area (Å²) in [5, 5.41) is 10.2. The van der Waals surface area contributed by atoms with Crippen molar-refractivity contribution in [1.82, 2.24) is 4.57 Å². The van der Waals surface area contributed by atoms with Gasteiger partial charge in [0.2, 0.25) is 0 Å². The fraction of sp³-hybridized carbons (Fsp3) is 0. The Morgan fingerprint density at radius 1 is 0.323 bits per heavy atom. The fourth-order valence-electron chi connectivity index (χ4n) is 10.0. The first-order chi connectivity index (χ1) is 32.2. The second-order valence-electron chi connectivity index (χ2n) is 16.9. The lowest BCUT2D eigenvalue weighted by atomic mass is 9.98. The Hall–Kier alpha value is -8.24. The van der Waals surface area contributed by atoms with Crippen molar-refractivity contribution in [3.63, 3.8) is 0 Å². The molecule has 2 nitrogen and oxygen atoms in total. The van der Waals surface area contributed by atoms with Crippen LogP contribution in [0, 0.1) is 0 Å². The Morgan fingerprint density at radius 2 is 0.877 bits per heavy atom. The number of hydrogen-bond acceptors (Lipinski definition) is 2. The maximum Gasteiger partial charge on any atom is 0.0541 e. The molecule has 11 aromatic carbocycles. The molecule has 0 aliphatic carbocycles. The summed E-state index contributed by atoms with van der Waals surface area (Å²) in [4.78, 5) is 2.41. The minimum atomic E-state index is 1.09. The molecule has 0 atom stereocenters. The molecule has 304 valence electrons. The zero-order chi connectivity index (χ0) is 42.8. The van der Waals surface area contributed by atoms with E-state index in [1.54, 1.807) is 0 Å². The third-order valence-corrected chi connectivity index (χ3v) is 14.4. The van der Waals surface area contributed by atoms with Crippen LogP contribution in [-0.2, 0) is 0 Å². The van der Waals surface area contributed by atoms with Crippen LogP contribution in [0.3, 0.4) is 0 Å². The Balaban J connectivity index is 0.903. The van der Waals surface area contributed by atoms with Gasteiger partial charge in [0, 0.05) is 53.6 Å². The number of anilines is 3. The molecule has 0 radical (unpaired) electrons. The van der Waals surface area contributed by atoms with Gasteiger partial charge in [0.25, 0.3) is 0 Å². The maximum atomic E-state index is 2.41. The molecule has 2 aromatic heterocycles. The van der Waals surface area contributed by atoms with Gasteiger partial charge in [0.1, 0.15) is 0 Å². The van der Waals surface area contributed by atoms with Crippen molar-refractivity contribution in [2.45, 2.75) is 0 Å². The molecule has 0 saturated heterocycles. The second-order valence-corrected chi connectivity index (χ2v) is 18.0. The quantitative estimate of drug-likeness (QED) is 0.155. The molecular formula is C62H40N2S. The molecule has 0 unspecified atom stereocenters. The van der Waals surface area contributed by atoms with Gasteiger partial charge in [-0.15, -0.1) is 11.3 Å². The second kappa shape index (κ2) is 15.2. The van der Waals surface area contributed by atoms with E-state index in [1.165, 1.54) is 96.9 Å². The van der Waals surface area contributed by atoms with Gasteiger partial charge >= 0.3 is 0 Å². The van der Waals surface area contributed by atoms with Crippen LogP contribution in [0.2, 0.25) is 0 Å². The van der Waals surface area contributed by atoms with E-state index in [4.69, 9.17) is 0 Å². The molecule has 65 heavy (non-hydrogen) atoms. The number of hydrogen-bond donors (Lipinski definition) is 0. The van der Waals surface area contributed by atoms with Crippen LogP contribution in [0.5, 0.6) is 0 Å². The Morgan fingerprint density at radius 3 is 1.62 bits per heavy atom. The highest BCUT2D eigenvalue weighted by Crippen LogP contribution is 2.44. The largest absolute Gasteiger partial charge is 0.310 e. The zero-order valence-electron chi connectivity index (χ0n) is 35.4. The molecule has 0 spiro atoms. The molecular weight excluding hydrogens is 805 g/mol. The number of aromatic nitrogens is 1. The maximum absolute atomic E-state index is 2.41. The first-order valence-corrected chi connectivity index (χ1v) is 23.1. The SMILES string of the molecule is c1cc(-c2ccc(N(c3ccc(-c4ccc5c(c4)sc4c6ccccc6ccc54)cc3)c3ccccc3-c3ccc4ccccc4c3)cc2)cc(-n2c3ccccc3c3ccccc32)c1. The summed E-state index contributed by atoms with van der Waals surface area (Å²) >= 11 is 1.89. The van der Waals surface area contributed by atoms with Crippen LogP contribution < -0.4 is 4.90 Å². The van der Waals surface area contributed by atoms with E-state index >= 15 is 0 Å². The molecule has 3 heteroatoms. The first kappa shape index (κ1) is 37.3. The number of rotatable bonds is 7. The number of thiophene rings is 1. The minimum Gasteiger partial charge on any atom is -0.310 e. The first-order valence-electron chi connectivity index (χ1n) is 22.2. The van der Waals surface area contributed by atoms with Crippen LogP contribution in [0.4, 0.5) is 17.1 Å². The van der Waals surface area contributed by atoms with Crippen LogP contribution in [0.15, 0.2) is 243 Å². The summed E-state index contributed by atoms with van der Waals surface area (Å²) in [6.45, 7) is 0. The minimum absolute atomic E-state index is 1.09. The van der Waals surface area contributed by atoms with Crippen molar-refractivity contribution in [2.75, 3.05) is 4.90 Å². The van der Waals surface area contributed by atoms with Crippen molar-refractivity contribution >= 4 is 91.9 Å². The Bertz CT molecular complexity index is 3900.